The van der Waals surface area contributed by atoms with Crippen molar-refractivity contribution >= 4 is 16.7 Å². The van der Waals surface area contributed by atoms with Crippen molar-refractivity contribution in [2.45, 2.75) is 57.8 Å². The SMILES string of the molecule is CCc1cccc(CN(C[C@@H](O)[C@@H](N)Cc2cc(F)cc(F)c2)C(=O)C(CC)n2cc3ccccc3c2O)c1. The number of fused-ring (bicyclic) bond motifs is 1. The summed E-state index contributed by atoms with van der Waals surface area (Å²) in [5.74, 6) is -1.71. The maximum Gasteiger partial charge on any atom is 0.246 e. The number of nitrogens with two attached hydrogens (primary N) is 1. The first kappa shape index (κ1) is 28.3. The number of aromatic hydroxyl groups is 1. The third-order valence-corrected chi connectivity index (χ3v) is 7.11. The lowest BCUT2D eigenvalue weighted by atomic mass is 10.0. The fourth-order valence-electron chi connectivity index (χ4n) is 5.00. The zero-order valence-corrected chi connectivity index (χ0v) is 22.2. The van der Waals surface area contributed by atoms with Crippen molar-refractivity contribution in [3.8, 4) is 5.88 Å². The van der Waals surface area contributed by atoms with Gasteiger partial charge in [0.05, 0.1) is 6.10 Å². The summed E-state index contributed by atoms with van der Waals surface area (Å²) in [4.78, 5) is 15.6. The maximum absolute atomic E-state index is 14.0. The van der Waals surface area contributed by atoms with Crippen molar-refractivity contribution in [2.24, 2.45) is 5.73 Å². The molecule has 0 aliphatic heterocycles. The quantitative estimate of drug-likeness (QED) is 0.249. The Labute approximate surface area is 227 Å². The van der Waals surface area contributed by atoms with E-state index in [-0.39, 0.29) is 31.3 Å². The van der Waals surface area contributed by atoms with Crippen LogP contribution in [0.4, 0.5) is 8.78 Å². The van der Waals surface area contributed by atoms with Crippen molar-refractivity contribution in [2.75, 3.05) is 6.54 Å². The van der Waals surface area contributed by atoms with Gasteiger partial charge < -0.3 is 25.4 Å². The van der Waals surface area contributed by atoms with E-state index in [1.165, 1.54) is 12.1 Å². The van der Waals surface area contributed by atoms with Gasteiger partial charge in [0.1, 0.15) is 17.7 Å². The smallest absolute Gasteiger partial charge is 0.246 e. The summed E-state index contributed by atoms with van der Waals surface area (Å²) < 4.78 is 28.9. The van der Waals surface area contributed by atoms with Crippen LogP contribution in [0.1, 0.15) is 43.0 Å². The van der Waals surface area contributed by atoms with Crippen LogP contribution in [0.3, 0.4) is 0 Å². The molecule has 0 fully saturated rings. The lowest BCUT2D eigenvalue weighted by Crippen LogP contribution is -2.47. The van der Waals surface area contributed by atoms with Gasteiger partial charge in [0.2, 0.25) is 5.91 Å². The average molecular weight is 536 g/mol. The number of benzene rings is 3. The van der Waals surface area contributed by atoms with Gasteiger partial charge in [-0.3, -0.25) is 4.79 Å². The Kier molecular flexibility index (Phi) is 8.99. The third kappa shape index (κ3) is 6.64. The highest BCUT2D eigenvalue weighted by molar-refractivity contribution is 5.89. The van der Waals surface area contributed by atoms with Gasteiger partial charge >= 0.3 is 0 Å². The van der Waals surface area contributed by atoms with E-state index in [0.717, 1.165) is 29.0 Å². The average Bonchev–Trinajstić information content (AvgIpc) is 3.24. The third-order valence-electron chi connectivity index (χ3n) is 7.11. The molecule has 206 valence electrons. The van der Waals surface area contributed by atoms with Gasteiger partial charge in [-0.2, -0.15) is 0 Å². The maximum atomic E-state index is 14.0. The van der Waals surface area contributed by atoms with Crippen LogP contribution in [-0.4, -0.2) is 44.3 Å². The van der Waals surface area contributed by atoms with Crippen LogP contribution in [0, 0.1) is 11.6 Å². The largest absolute Gasteiger partial charge is 0.494 e. The molecule has 0 bridgehead atoms. The van der Waals surface area contributed by atoms with Crippen LogP contribution in [0.5, 0.6) is 5.88 Å². The number of halogens is 2. The first-order valence-electron chi connectivity index (χ1n) is 13.2. The number of amides is 1. The number of aryl methyl sites for hydroxylation is 1. The molecule has 0 aliphatic rings. The van der Waals surface area contributed by atoms with Crippen molar-refractivity contribution < 1.29 is 23.8 Å². The fourth-order valence-corrected chi connectivity index (χ4v) is 5.00. The van der Waals surface area contributed by atoms with E-state index in [4.69, 9.17) is 5.73 Å². The molecule has 1 unspecified atom stereocenters. The Hall–Kier alpha value is -3.75. The van der Waals surface area contributed by atoms with E-state index in [2.05, 4.69) is 0 Å². The van der Waals surface area contributed by atoms with Gasteiger partial charge in [-0.25, -0.2) is 8.78 Å². The van der Waals surface area contributed by atoms with Gasteiger partial charge in [0.15, 0.2) is 5.88 Å². The molecule has 3 aromatic carbocycles. The molecular weight excluding hydrogens is 500 g/mol. The van der Waals surface area contributed by atoms with E-state index in [1.807, 2.05) is 56.3 Å². The van der Waals surface area contributed by atoms with E-state index in [0.29, 0.717) is 17.4 Å². The Balaban J connectivity index is 1.61. The molecule has 0 saturated heterocycles. The molecule has 1 aromatic heterocycles. The highest BCUT2D eigenvalue weighted by Gasteiger charge is 2.30. The van der Waals surface area contributed by atoms with Crippen LogP contribution in [-0.2, 0) is 24.2 Å². The van der Waals surface area contributed by atoms with Gasteiger partial charge in [-0.15, -0.1) is 0 Å². The second kappa shape index (κ2) is 12.4. The molecule has 4 N–H and O–H groups in total. The number of hydrogen-bond donors (Lipinski definition) is 3. The van der Waals surface area contributed by atoms with E-state index < -0.39 is 29.8 Å². The molecule has 4 aromatic rings. The van der Waals surface area contributed by atoms with Gasteiger partial charge in [-0.1, -0.05) is 56.3 Å². The number of carbonyl (C=O) groups excluding carboxylic acids is 1. The standard InChI is InChI=1S/C31H35F2N3O3/c1-3-20-8-7-9-21(12-20)17-35(19-29(37)27(34)15-22-13-24(32)16-25(33)14-22)31(39)28(4-2)36-18-23-10-5-6-11-26(23)30(36)38/h5-14,16,18,27-29,37-38H,3-4,15,17,19,34H2,1-2H3/t27-,28?,29+/m0/s1. The van der Waals surface area contributed by atoms with Gasteiger partial charge in [0, 0.05) is 42.2 Å². The molecule has 1 heterocycles. The highest BCUT2D eigenvalue weighted by atomic mass is 19.1. The van der Waals surface area contributed by atoms with Gasteiger partial charge in [0.25, 0.3) is 0 Å². The van der Waals surface area contributed by atoms with Crippen LogP contribution < -0.4 is 5.73 Å². The van der Waals surface area contributed by atoms with E-state index in [1.54, 1.807) is 21.7 Å². The molecule has 0 radical (unpaired) electrons. The Morgan fingerprint density at radius 2 is 1.67 bits per heavy atom. The van der Waals surface area contributed by atoms with Crippen LogP contribution in [0.25, 0.3) is 10.8 Å². The molecular formula is C31H35F2N3O3. The summed E-state index contributed by atoms with van der Waals surface area (Å²) in [5.41, 5.74) is 8.59. The molecule has 8 heteroatoms. The topological polar surface area (TPSA) is 91.7 Å². The minimum absolute atomic E-state index is 0.00381. The number of aromatic nitrogens is 1. The Morgan fingerprint density at radius 3 is 2.33 bits per heavy atom. The van der Waals surface area contributed by atoms with Crippen molar-refractivity contribution in [1.82, 2.24) is 9.47 Å². The summed E-state index contributed by atoms with van der Waals surface area (Å²) in [5, 5.41) is 23.4. The van der Waals surface area contributed by atoms with Crippen LogP contribution >= 0.6 is 0 Å². The van der Waals surface area contributed by atoms with Crippen LogP contribution in [0.2, 0.25) is 0 Å². The molecule has 4 rings (SSSR count). The highest BCUT2D eigenvalue weighted by Crippen LogP contribution is 2.32. The fraction of sp³-hybridized carbons (Fsp3) is 0.323. The minimum atomic E-state index is -1.16. The lowest BCUT2D eigenvalue weighted by molar-refractivity contribution is -0.137. The van der Waals surface area contributed by atoms with Crippen molar-refractivity contribution in [1.29, 1.82) is 0 Å². The lowest BCUT2D eigenvalue weighted by Gasteiger charge is -2.31. The summed E-state index contributed by atoms with van der Waals surface area (Å²) in [7, 11) is 0. The van der Waals surface area contributed by atoms with E-state index >= 15 is 0 Å². The molecule has 1 amide bonds. The molecule has 6 nitrogen and oxygen atoms in total. The predicted octanol–water partition coefficient (Wildman–Crippen LogP) is 5.10. The summed E-state index contributed by atoms with van der Waals surface area (Å²) in [6, 6.07) is 16.8. The molecule has 3 atom stereocenters. The molecule has 0 spiro atoms. The van der Waals surface area contributed by atoms with Crippen molar-refractivity contribution in [3.63, 3.8) is 0 Å². The zero-order chi connectivity index (χ0) is 28.1. The second-order valence-corrected chi connectivity index (χ2v) is 9.98. The Morgan fingerprint density at radius 1 is 0.974 bits per heavy atom. The number of nitrogens with zero attached hydrogens (tertiary/aromatic N) is 2. The monoisotopic (exact) mass is 535 g/mol. The van der Waals surface area contributed by atoms with E-state index in [9.17, 15) is 23.8 Å². The number of aliphatic hydroxyl groups is 1. The first-order chi connectivity index (χ1) is 18.7. The van der Waals surface area contributed by atoms with Crippen LogP contribution in [0.15, 0.2) is 72.9 Å². The first-order valence-corrected chi connectivity index (χ1v) is 13.2. The number of rotatable bonds is 11. The minimum Gasteiger partial charge on any atom is -0.494 e. The molecule has 0 aliphatic carbocycles. The zero-order valence-electron chi connectivity index (χ0n) is 22.2. The summed E-state index contributed by atoms with van der Waals surface area (Å²) in [6.07, 6.45) is 1.87. The normalized spacial score (nSPS) is 13.8. The summed E-state index contributed by atoms with van der Waals surface area (Å²) >= 11 is 0. The molecule has 0 saturated carbocycles. The number of carbonyl (C=O) groups is 1. The number of hydrogen-bond acceptors (Lipinski definition) is 4. The predicted molar refractivity (Wildman–Crippen MR) is 148 cm³/mol. The van der Waals surface area contributed by atoms with Gasteiger partial charge in [-0.05, 0) is 54.2 Å². The Bertz CT molecular complexity index is 1420. The molecule has 39 heavy (non-hydrogen) atoms. The number of aliphatic hydroxyl groups excluding tert-OH is 1. The van der Waals surface area contributed by atoms with Crippen molar-refractivity contribution in [3.05, 3.63) is 101 Å². The second-order valence-electron chi connectivity index (χ2n) is 9.98. The summed E-state index contributed by atoms with van der Waals surface area (Å²) in [6.45, 7) is 4.05.